The lowest BCUT2D eigenvalue weighted by Crippen LogP contribution is -1.99. The van der Waals surface area contributed by atoms with Gasteiger partial charge in [0, 0.05) is 5.56 Å². The van der Waals surface area contributed by atoms with Crippen LogP contribution < -0.4 is 4.74 Å². The number of aliphatic hydroxyl groups excluding tert-OH is 1. The number of ether oxygens (including phenoxy) is 1. The third-order valence-corrected chi connectivity index (χ3v) is 2.87. The van der Waals surface area contributed by atoms with Crippen LogP contribution in [0.4, 0.5) is 0 Å². The van der Waals surface area contributed by atoms with Gasteiger partial charge in [0.25, 0.3) is 0 Å². The van der Waals surface area contributed by atoms with E-state index in [2.05, 4.69) is 0 Å². The highest BCUT2D eigenvalue weighted by Crippen LogP contribution is 2.38. The molecule has 3 heteroatoms. The van der Waals surface area contributed by atoms with E-state index in [1.165, 1.54) is 0 Å². The van der Waals surface area contributed by atoms with Gasteiger partial charge in [0.2, 0.25) is 0 Å². The molecule has 1 heterocycles. The van der Waals surface area contributed by atoms with Crippen LogP contribution >= 0.6 is 11.6 Å². The first-order valence-electron chi connectivity index (χ1n) is 4.80. The monoisotopic (exact) mass is 212 g/mol. The Balaban J connectivity index is 2.57. The predicted octanol–water partition coefficient (Wildman–Crippen LogP) is 2.85. The van der Waals surface area contributed by atoms with Crippen LogP contribution in [0.5, 0.6) is 5.75 Å². The second-order valence-electron chi connectivity index (χ2n) is 3.61. The van der Waals surface area contributed by atoms with E-state index in [1.54, 1.807) is 0 Å². The van der Waals surface area contributed by atoms with Gasteiger partial charge in [0.05, 0.1) is 17.7 Å². The SMILES string of the molecule is Cc1ccc(Cl)c2c1OCCC[C@H]2O. The molecule has 1 atom stereocenters. The smallest absolute Gasteiger partial charge is 0.129 e. The number of halogens is 1. The number of hydrogen-bond donors (Lipinski definition) is 1. The van der Waals surface area contributed by atoms with Gasteiger partial charge in [-0.05, 0) is 31.4 Å². The van der Waals surface area contributed by atoms with E-state index >= 15 is 0 Å². The van der Waals surface area contributed by atoms with Crippen molar-refractivity contribution >= 4 is 11.6 Å². The minimum absolute atomic E-state index is 0.486. The minimum Gasteiger partial charge on any atom is -0.493 e. The molecule has 1 aromatic rings. The number of hydrogen-bond acceptors (Lipinski definition) is 2. The zero-order chi connectivity index (χ0) is 10.1. The quantitative estimate of drug-likeness (QED) is 0.717. The summed E-state index contributed by atoms with van der Waals surface area (Å²) in [6, 6.07) is 3.73. The highest BCUT2D eigenvalue weighted by Gasteiger charge is 2.21. The molecular formula is C11H13ClO2. The standard InChI is InChI=1S/C11H13ClO2/c1-7-4-5-8(12)10-9(13)3-2-6-14-11(7)10/h4-5,9,13H,2-3,6H2,1H3/t9-/m1/s1. The topological polar surface area (TPSA) is 29.5 Å². The molecule has 0 bridgehead atoms. The number of aliphatic hydroxyl groups is 1. The second-order valence-corrected chi connectivity index (χ2v) is 4.02. The highest BCUT2D eigenvalue weighted by molar-refractivity contribution is 6.31. The maximum atomic E-state index is 9.88. The van der Waals surface area contributed by atoms with E-state index in [1.807, 2.05) is 19.1 Å². The zero-order valence-electron chi connectivity index (χ0n) is 8.09. The zero-order valence-corrected chi connectivity index (χ0v) is 8.84. The van der Waals surface area contributed by atoms with Gasteiger partial charge in [-0.2, -0.15) is 0 Å². The molecule has 1 aromatic carbocycles. The maximum Gasteiger partial charge on any atom is 0.129 e. The molecule has 0 saturated heterocycles. The first-order chi connectivity index (χ1) is 6.70. The molecule has 0 fully saturated rings. The van der Waals surface area contributed by atoms with Crippen molar-refractivity contribution in [2.75, 3.05) is 6.61 Å². The van der Waals surface area contributed by atoms with Crippen molar-refractivity contribution in [3.63, 3.8) is 0 Å². The Labute approximate surface area is 88.5 Å². The van der Waals surface area contributed by atoms with Crippen LogP contribution in [-0.4, -0.2) is 11.7 Å². The molecule has 76 valence electrons. The van der Waals surface area contributed by atoms with Gasteiger partial charge < -0.3 is 9.84 Å². The average molecular weight is 213 g/mol. The molecule has 0 aromatic heterocycles. The van der Waals surface area contributed by atoms with E-state index in [9.17, 15) is 5.11 Å². The molecule has 0 unspecified atom stereocenters. The molecular weight excluding hydrogens is 200 g/mol. The summed E-state index contributed by atoms with van der Waals surface area (Å²) in [5.74, 6) is 0.766. The fourth-order valence-corrected chi connectivity index (χ4v) is 2.06. The molecule has 2 rings (SSSR count). The van der Waals surface area contributed by atoms with Crippen LogP contribution in [0.1, 0.15) is 30.1 Å². The van der Waals surface area contributed by atoms with E-state index in [4.69, 9.17) is 16.3 Å². The van der Waals surface area contributed by atoms with Crippen molar-refractivity contribution in [1.82, 2.24) is 0 Å². The normalized spacial score (nSPS) is 20.9. The lowest BCUT2D eigenvalue weighted by atomic mass is 10.0. The summed E-state index contributed by atoms with van der Waals surface area (Å²) in [7, 11) is 0. The Hall–Kier alpha value is -0.730. The van der Waals surface area contributed by atoms with Crippen molar-refractivity contribution in [3.8, 4) is 5.75 Å². The number of aryl methyl sites for hydroxylation is 1. The van der Waals surface area contributed by atoms with Gasteiger partial charge in [0.1, 0.15) is 5.75 Å². The largest absolute Gasteiger partial charge is 0.493 e. The summed E-state index contributed by atoms with van der Waals surface area (Å²) in [4.78, 5) is 0. The minimum atomic E-state index is -0.486. The van der Waals surface area contributed by atoms with Crippen molar-refractivity contribution < 1.29 is 9.84 Å². The Morgan fingerprint density at radius 3 is 3.07 bits per heavy atom. The van der Waals surface area contributed by atoms with Crippen LogP contribution in [0.15, 0.2) is 12.1 Å². The van der Waals surface area contributed by atoms with Crippen molar-refractivity contribution in [2.45, 2.75) is 25.9 Å². The average Bonchev–Trinajstić information content (AvgIpc) is 2.35. The summed E-state index contributed by atoms with van der Waals surface area (Å²) >= 11 is 6.04. The van der Waals surface area contributed by atoms with Gasteiger partial charge >= 0.3 is 0 Å². The Kier molecular flexibility index (Phi) is 2.66. The fraction of sp³-hybridized carbons (Fsp3) is 0.455. The van der Waals surface area contributed by atoms with E-state index in [-0.39, 0.29) is 0 Å². The third-order valence-electron chi connectivity index (χ3n) is 2.54. The van der Waals surface area contributed by atoms with Crippen LogP contribution in [0.3, 0.4) is 0 Å². The molecule has 2 nitrogen and oxygen atoms in total. The lowest BCUT2D eigenvalue weighted by molar-refractivity contribution is 0.167. The van der Waals surface area contributed by atoms with Crippen LogP contribution in [0, 0.1) is 6.92 Å². The summed E-state index contributed by atoms with van der Waals surface area (Å²) in [6.07, 6.45) is 1.10. The molecule has 1 aliphatic heterocycles. The summed E-state index contributed by atoms with van der Waals surface area (Å²) in [5, 5.41) is 10.5. The molecule has 14 heavy (non-hydrogen) atoms. The van der Waals surface area contributed by atoms with Gasteiger partial charge in [-0.3, -0.25) is 0 Å². The number of fused-ring (bicyclic) bond motifs is 1. The van der Waals surface area contributed by atoms with E-state index < -0.39 is 6.10 Å². The van der Waals surface area contributed by atoms with Gasteiger partial charge in [-0.15, -0.1) is 0 Å². The molecule has 0 aliphatic carbocycles. The van der Waals surface area contributed by atoms with Gasteiger partial charge in [0.15, 0.2) is 0 Å². The summed E-state index contributed by atoms with van der Waals surface area (Å²) in [6.45, 7) is 2.62. The Morgan fingerprint density at radius 1 is 1.50 bits per heavy atom. The van der Waals surface area contributed by atoms with Gasteiger partial charge in [-0.1, -0.05) is 17.7 Å². The fourth-order valence-electron chi connectivity index (χ4n) is 1.78. The highest BCUT2D eigenvalue weighted by atomic mass is 35.5. The van der Waals surface area contributed by atoms with Crippen molar-refractivity contribution in [2.24, 2.45) is 0 Å². The number of rotatable bonds is 0. The van der Waals surface area contributed by atoms with Crippen LogP contribution in [0.2, 0.25) is 5.02 Å². The van der Waals surface area contributed by atoms with Crippen LogP contribution in [0.25, 0.3) is 0 Å². The van der Waals surface area contributed by atoms with E-state index in [0.717, 1.165) is 29.7 Å². The van der Waals surface area contributed by atoms with Gasteiger partial charge in [-0.25, -0.2) is 0 Å². The lowest BCUT2D eigenvalue weighted by Gasteiger charge is -2.14. The Morgan fingerprint density at radius 2 is 2.29 bits per heavy atom. The van der Waals surface area contributed by atoms with E-state index in [0.29, 0.717) is 11.6 Å². The van der Waals surface area contributed by atoms with Crippen LogP contribution in [-0.2, 0) is 0 Å². The first-order valence-corrected chi connectivity index (χ1v) is 5.18. The third kappa shape index (κ3) is 1.60. The Bertz CT molecular complexity index is 349. The molecule has 0 saturated carbocycles. The number of benzene rings is 1. The van der Waals surface area contributed by atoms with Crippen molar-refractivity contribution in [1.29, 1.82) is 0 Å². The molecule has 1 aliphatic rings. The molecule has 0 spiro atoms. The second kappa shape index (κ2) is 3.79. The molecule has 1 N–H and O–H groups in total. The van der Waals surface area contributed by atoms with Crippen molar-refractivity contribution in [3.05, 3.63) is 28.3 Å². The maximum absolute atomic E-state index is 9.88. The molecule has 0 radical (unpaired) electrons. The summed E-state index contributed by atoms with van der Waals surface area (Å²) < 4.78 is 5.59. The molecule has 0 amide bonds. The predicted molar refractivity (Wildman–Crippen MR) is 55.9 cm³/mol. The summed E-state index contributed by atoms with van der Waals surface area (Å²) in [5.41, 5.74) is 1.79. The first kappa shape index (κ1) is 9.81.